The number of benzene rings is 1. The molecule has 5 nitrogen and oxygen atoms in total. The fourth-order valence-electron chi connectivity index (χ4n) is 2.19. The predicted octanol–water partition coefficient (Wildman–Crippen LogP) is 0.643. The van der Waals surface area contributed by atoms with Gasteiger partial charge in [-0.15, -0.1) is 0 Å². The first-order valence-corrected chi connectivity index (χ1v) is 7.91. The highest BCUT2D eigenvalue weighted by Gasteiger charge is 2.27. The highest BCUT2D eigenvalue weighted by atomic mass is 32.2. The summed E-state index contributed by atoms with van der Waals surface area (Å²) < 4.78 is 27.4. The second kappa shape index (κ2) is 6.00. The van der Waals surface area contributed by atoms with Crippen molar-refractivity contribution >= 4 is 10.0 Å². The molecule has 1 aliphatic carbocycles. The van der Waals surface area contributed by atoms with Crippen molar-refractivity contribution in [2.24, 2.45) is 5.14 Å². The zero-order chi connectivity index (χ0) is 13.9. The van der Waals surface area contributed by atoms with Crippen LogP contribution in [0.3, 0.4) is 0 Å². The van der Waals surface area contributed by atoms with Gasteiger partial charge in [0, 0.05) is 13.2 Å². The summed E-state index contributed by atoms with van der Waals surface area (Å²) in [5.41, 5.74) is 1.10. The Bertz CT molecular complexity index is 507. The van der Waals surface area contributed by atoms with Gasteiger partial charge in [-0.2, -0.15) is 0 Å². The topological polar surface area (TPSA) is 81.4 Å². The molecule has 0 aromatic heterocycles. The third-order valence-electron chi connectivity index (χ3n) is 3.53. The molecule has 0 heterocycles. The first-order chi connectivity index (χ1) is 8.99. The van der Waals surface area contributed by atoms with Gasteiger partial charge in [-0.3, -0.25) is 0 Å². The van der Waals surface area contributed by atoms with Gasteiger partial charge in [0.1, 0.15) is 0 Å². The molecule has 6 heteroatoms. The molecule has 0 radical (unpaired) electrons. The van der Waals surface area contributed by atoms with Crippen LogP contribution in [-0.4, -0.2) is 34.2 Å². The van der Waals surface area contributed by atoms with Gasteiger partial charge in [-0.25, -0.2) is 13.6 Å². The summed E-state index contributed by atoms with van der Waals surface area (Å²) in [5, 5.41) is 8.50. The van der Waals surface area contributed by atoms with E-state index in [9.17, 15) is 8.42 Å². The molecule has 1 aromatic carbocycles. The van der Waals surface area contributed by atoms with Crippen molar-refractivity contribution in [2.75, 3.05) is 13.7 Å². The van der Waals surface area contributed by atoms with E-state index in [0.717, 1.165) is 31.4 Å². The minimum Gasteiger partial charge on any atom is -0.381 e. The number of primary sulfonamides is 1. The van der Waals surface area contributed by atoms with E-state index in [1.165, 1.54) is 0 Å². The Balaban J connectivity index is 1.75. The second-order valence-electron chi connectivity index (χ2n) is 4.92. The molecule has 0 bridgehead atoms. The fourth-order valence-corrected chi connectivity index (χ4v) is 2.71. The summed E-state index contributed by atoms with van der Waals surface area (Å²) in [4.78, 5) is 0.158. The van der Waals surface area contributed by atoms with E-state index >= 15 is 0 Å². The predicted molar refractivity (Wildman–Crippen MR) is 73.3 cm³/mol. The number of hydrogen-bond acceptors (Lipinski definition) is 4. The Labute approximate surface area is 114 Å². The molecule has 0 saturated heterocycles. The van der Waals surface area contributed by atoms with Crippen LogP contribution in [0.1, 0.15) is 18.4 Å². The number of nitrogens with one attached hydrogen (secondary N) is 1. The van der Waals surface area contributed by atoms with Gasteiger partial charge in [-0.05, 0) is 43.5 Å². The van der Waals surface area contributed by atoms with Crippen LogP contribution in [0.2, 0.25) is 0 Å². The van der Waals surface area contributed by atoms with E-state index in [1.807, 2.05) is 0 Å². The maximum atomic E-state index is 11.1. The Morgan fingerprint density at radius 3 is 2.47 bits per heavy atom. The lowest BCUT2D eigenvalue weighted by Gasteiger charge is -2.34. The third-order valence-corrected chi connectivity index (χ3v) is 4.46. The molecule has 0 atom stereocenters. The SMILES string of the molecule is COC1CC(NCCc2ccc(S(N)(=O)=O)cc2)C1. The smallest absolute Gasteiger partial charge is 0.238 e. The molecule has 3 N–H and O–H groups in total. The zero-order valence-electron chi connectivity index (χ0n) is 11.0. The zero-order valence-corrected chi connectivity index (χ0v) is 11.8. The second-order valence-corrected chi connectivity index (χ2v) is 6.48. The van der Waals surface area contributed by atoms with Crippen LogP contribution in [0.15, 0.2) is 29.2 Å². The first kappa shape index (κ1) is 14.5. The summed E-state index contributed by atoms with van der Waals surface area (Å²) in [5.74, 6) is 0. The van der Waals surface area contributed by atoms with Crippen LogP contribution in [0.5, 0.6) is 0 Å². The molecule has 19 heavy (non-hydrogen) atoms. The standard InChI is InChI=1S/C13H20N2O3S/c1-18-12-8-11(9-12)15-7-6-10-2-4-13(5-3-10)19(14,16)17/h2-5,11-12,15H,6-9H2,1H3,(H2,14,16,17). The maximum absolute atomic E-state index is 11.1. The van der Waals surface area contributed by atoms with Crippen molar-refractivity contribution in [1.29, 1.82) is 0 Å². The highest BCUT2D eigenvalue weighted by Crippen LogP contribution is 2.22. The van der Waals surface area contributed by atoms with Gasteiger partial charge < -0.3 is 10.1 Å². The van der Waals surface area contributed by atoms with Crippen LogP contribution in [0.4, 0.5) is 0 Å². The van der Waals surface area contributed by atoms with Crippen molar-refractivity contribution < 1.29 is 13.2 Å². The highest BCUT2D eigenvalue weighted by molar-refractivity contribution is 7.89. The number of sulfonamides is 1. The van der Waals surface area contributed by atoms with Gasteiger partial charge in [-0.1, -0.05) is 12.1 Å². The minimum absolute atomic E-state index is 0.158. The third kappa shape index (κ3) is 4.01. The number of ether oxygens (including phenoxy) is 1. The molecular formula is C13H20N2O3S. The molecule has 106 valence electrons. The summed E-state index contributed by atoms with van der Waals surface area (Å²) in [6.45, 7) is 0.885. The molecule has 0 unspecified atom stereocenters. The Hall–Kier alpha value is -0.950. The van der Waals surface area contributed by atoms with Crippen molar-refractivity contribution in [3.63, 3.8) is 0 Å². The van der Waals surface area contributed by atoms with Crippen LogP contribution in [0, 0.1) is 0 Å². The Kier molecular flexibility index (Phi) is 4.57. The van der Waals surface area contributed by atoms with Crippen LogP contribution in [0.25, 0.3) is 0 Å². The fraction of sp³-hybridized carbons (Fsp3) is 0.538. The van der Waals surface area contributed by atoms with Crippen molar-refractivity contribution in [1.82, 2.24) is 5.32 Å². The lowest BCUT2D eigenvalue weighted by molar-refractivity contribution is 0.0177. The number of methoxy groups -OCH3 is 1. The maximum Gasteiger partial charge on any atom is 0.238 e. The van der Waals surface area contributed by atoms with Crippen molar-refractivity contribution in [2.45, 2.75) is 36.3 Å². The largest absolute Gasteiger partial charge is 0.381 e. The Morgan fingerprint density at radius 2 is 1.95 bits per heavy atom. The van der Waals surface area contributed by atoms with Gasteiger partial charge >= 0.3 is 0 Å². The summed E-state index contributed by atoms with van der Waals surface area (Å²) in [6, 6.07) is 7.26. The van der Waals surface area contributed by atoms with E-state index in [0.29, 0.717) is 12.1 Å². The molecule has 0 aliphatic heterocycles. The molecule has 0 spiro atoms. The minimum atomic E-state index is -3.59. The average molecular weight is 284 g/mol. The van der Waals surface area contributed by atoms with E-state index < -0.39 is 10.0 Å². The number of hydrogen-bond donors (Lipinski definition) is 2. The molecule has 1 aromatic rings. The average Bonchev–Trinajstić information content (AvgIpc) is 2.31. The summed E-state index contributed by atoms with van der Waals surface area (Å²) >= 11 is 0. The number of nitrogens with two attached hydrogens (primary N) is 1. The quantitative estimate of drug-likeness (QED) is 0.803. The van der Waals surface area contributed by atoms with E-state index in [-0.39, 0.29) is 4.90 Å². The number of rotatable bonds is 6. The van der Waals surface area contributed by atoms with Crippen LogP contribution < -0.4 is 10.5 Å². The van der Waals surface area contributed by atoms with Crippen molar-refractivity contribution in [3.05, 3.63) is 29.8 Å². The van der Waals surface area contributed by atoms with Gasteiger partial charge in [0.05, 0.1) is 11.0 Å². The van der Waals surface area contributed by atoms with Gasteiger partial charge in [0.25, 0.3) is 0 Å². The molecule has 1 saturated carbocycles. The van der Waals surface area contributed by atoms with Crippen LogP contribution >= 0.6 is 0 Å². The monoisotopic (exact) mass is 284 g/mol. The van der Waals surface area contributed by atoms with E-state index in [4.69, 9.17) is 9.88 Å². The Morgan fingerprint density at radius 1 is 1.32 bits per heavy atom. The molecule has 1 fully saturated rings. The summed E-state index contributed by atoms with van der Waals surface area (Å²) in [7, 11) is -1.84. The van der Waals surface area contributed by atoms with Gasteiger partial charge in [0.15, 0.2) is 0 Å². The molecule has 2 rings (SSSR count). The lowest BCUT2D eigenvalue weighted by atomic mass is 9.89. The lowest BCUT2D eigenvalue weighted by Crippen LogP contribution is -2.45. The summed E-state index contributed by atoms with van der Waals surface area (Å²) in [6.07, 6.45) is 3.42. The van der Waals surface area contributed by atoms with E-state index in [1.54, 1.807) is 31.4 Å². The molecular weight excluding hydrogens is 264 g/mol. The molecule has 1 aliphatic rings. The van der Waals surface area contributed by atoms with E-state index in [2.05, 4.69) is 5.32 Å². The first-order valence-electron chi connectivity index (χ1n) is 6.37. The van der Waals surface area contributed by atoms with Crippen LogP contribution in [-0.2, 0) is 21.2 Å². The molecule has 0 amide bonds. The van der Waals surface area contributed by atoms with Gasteiger partial charge in [0.2, 0.25) is 10.0 Å². The normalized spacial score (nSPS) is 23.1. The van der Waals surface area contributed by atoms with Crippen molar-refractivity contribution in [3.8, 4) is 0 Å².